The molecule has 1 rings (SSSR count). The van der Waals surface area contributed by atoms with Gasteiger partial charge in [-0.05, 0) is 6.42 Å². The van der Waals surface area contributed by atoms with Crippen LogP contribution in [0, 0.1) is 0 Å². The van der Waals surface area contributed by atoms with Crippen molar-refractivity contribution < 1.29 is 4.57 Å². The number of nitrogens with zero attached hydrogens (tertiary/aromatic N) is 1. The average Bonchev–Trinajstić information content (AvgIpc) is 2.56. The molecule has 0 aromatic carbocycles. The number of hydrogen-bond acceptors (Lipinski definition) is 0. The van der Waals surface area contributed by atoms with Gasteiger partial charge in [-0.15, -0.1) is 71.9 Å². The second-order valence-corrected chi connectivity index (χ2v) is 6.71. The van der Waals surface area contributed by atoms with E-state index in [1.165, 1.54) is 96.4 Å². The lowest BCUT2D eigenvalue weighted by molar-refractivity contribution is -0.697. The zero-order valence-electron chi connectivity index (χ0n) is 16.2. The van der Waals surface area contributed by atoms with Crippen LogP contribution in [0.3, 0.4) is 0 Å². The molecule has 0 fully saturated rings. The summed E-state index contributed by atoms with van der Waals surface area (Å²) < 4.78 is 2.29. The van der Waals surface area contributed by atoms with Gasteiger partial charge in [0.05, 0.1) is 0 Å². The number of pyridine rings is 1. The highest BCUT2D eigenvalue weighted by Gasteiger charge is 1.98. The van der Waals surface area contributed by atoms with Crippen LogP contribution >= 0.6 is 71.9 Å². The van der Waals surface area contributed by atoms with Gasteiger partial charge in [0.2, 0.25) is 0 Å². The van der Waals surface area contributed by atoms with Gasteiger partial charge in [0, 0.05) is 18.6 Å². The third-order valence-corrected chi connectivity index (χ3v) is 4.55. The van der Waals surface area contributed by atoms with Crippen LogP contribution in [0.2, 0.25) is 0 Å². The van der Waals surface area contributed by atoms with Crippen molar-refractivity contribution in [2.75, 3.05) is 0 Å². The molecule has 0 unspecified atom stereocenters. The molecule has 1 aromatic heterocycles. The second-order valence-electron chi connectivity index (χ2n) is 6.71. The van der Waals surface area contributed by atoms with Gasteiger partial charge in [0.15, 0.2) is 12.4 Å². The molecule has 1 nitrogen and oxygen atoms in total. The number of hydrogen-bond donors (Lipinski definition) is 0. The summed E-state index contributed by atoms with van der Waals surface area (Å²) in [6, 6.07) is 6.31. The van der Waals surface area contributed by atoms with Crippen LogP contribution in [0.15, 0.2) is 30.6 Å². The molecule has 0 aliphatic heterocycles. The molecule has 0 saturated heterocycles. The number of aryl methyl sites for hydroxylation is 1. The maximum Gasteiger partial charge on any atom is 0.168 e. The second kappa shape index (κ2) is 25.3. The van der Waals surface area contributed by atoms with Gasteiger partial charge in [-0.3, -0.25) is 0 Å². The lowest BCUT2D eigenvalue weighted by atomic mass is 10.0. The van der Waals surface area contributed by atoms with E-state index in [1.807, 2.05) is 0 Å². The van der Waals surface area contributed by atoms with Crippen LogP contribution in [0.5, 0.6) is 0 Å². The molecule has 0 N–H and O–H groups in total. The summed E-state index contributed by atoms with van der Waals surface area (Å²) in [6.07, 6.45) is 24.4. The highest BCUT2D eigenvalue weighted by molar-refractivity contribution is 14.0. The molecule has 0 atom stereocenters. The SMILES string of the molecule is CCCCCCCCCCCCCCCC[n+]1ccccc1.I.I.I. The van der Waals surface area contributed by atoms with Gasteiger partial charge in [0.1, 0.15) is 6.54 Å². The molecular weight excluding hydrogens is 647 g/mol. The summed E-state index contributed by atoms with van der Waals surface area (Å²) in [5, 5.41) is 0. The fraction of sp³-hybridized carbons (Fsp3) is 0.762. The predicted molar refractivity (Wildman–Crippen MR) is 143 cm³/mol. The normalized spacial score (nSPS) is 9.64. The van der Waals surface area contributed by atoms with Crippen molar-refractivity contribution >= 4 is 71.9 Å². The summed E-state index contributed by atoms with van der Waals surface area (Å²) in [5.74, 6) is 0. The van der Waals surface area contributed by atoms with E-state index in [4.69, 9.17) is 0 Å². The molecule has 1 aromatic rings. The monoisotopic (exact) mass is 688 g/mol. The van der Waals surface area contributed by atoms with Gasteiger partial charge in [-0.25, -0.2) is 4.57 Å². The molecule has 0 amide bonds. The van der Waals surface area contributed by atoms with Gasteiger partial charge in [-0.1, -0.05) is 90.0 Å². The van der Waals surface area contributed by atoms with Gasteiger partial charge >= 0.3 is 0 Å². The summed E-state index contributed by atoms with van der Waals surface area (Å²) in [6.45, 7) is 3.47. The van der Waals surface area contributed by atoms with Crippen LogP contribution in [0.4, 0.5) is 0 Å². The average molecular weight is 688 g/mol. The summed E-state index contributed by atoms with van der Waals surface area (Å²) in [7, 11) is 0. The smallest absolute Gasteiger partial charge is 0.168 e. The first-order chi connectivity index (χ1) is 10.9. The Morgan fingerprint density at radius 3 is 1.24 bits per heavy atom. The molecular formula is C21H41I3N+. The highest BCUT2D eigenvalue weighted by Crippen LogP contribution is 2.12. The van der Waals surface area contributed by atoms with Gasteiger partial charge in [0.25, 0.3) is 0 Å². The Morgan fingerprint density at radius 1 is 0.480 bits per heavy atom. The largest absolute Gasteiger partial charge is 0.205 e. The third-order valence-electron chi connectivity index (χ3n) is 4.55. The molecule has 0 spiro atoms. The molecule has 1 heterocycles. The minimum absolute atomic E-state index is 0. The summed E-state index contributed by atoms with van der Waals surface area (Å²) >= 11 is 0. The van der Waals surface area contributed by atoms with E-state index in [9.17, 15) is 0 Å². The molecule has 25 heavy (non-hydrogen) atoms. The van der Waals surface area contributed by atoms with Crippen molar-refractivity contribution in [2.24, 2.45) is 0 Å². The standard InChI is InChI=1S/C21H38N.3HI/c1-2-3-4-5-6-7-8-9-10-11-12-13-14-16-19-22-20-17-15-18-21-22;;;/h15,17-18,20-21H,2-14,16,19H2,1H3;3*1H/q+1;;;. The Morgan fingerprint density at radius 2 is 0.840 bits per heavy atom. The minimum atomic E-state index is 0. The highest BCUT2D eigenvalue weighted by atomic mass is 127. The van der Waals surface area contributed by atoms with Crippen molar-refractivity contribution in [2.45, 2.75) is 103 Å². The zero-order valence-corrected chi connectivity index (χ0v) is 23.2. The first-order valence-electron chi connectivity index (χ1n) is 9.87. The lowest BCUT2D eigenvalue weighted by Crippen LogP contribution is -2.32. The lowest BCUT2D eigenvalue weighted by Gasteiger charge is -2.02. The topological polar surface area (TPSA) is 3.88 Å². The minimum Gasteiger partial charge on any atom is -0.205 e. The van der Waals surface area contributed by atoms with Crippen molar-refractivity contribution in [3.05, 3.63) is 30.6 Å². The quantitative estimate of drug-likeness (QED) is 0.0993. The van der Waals surface area contributed by atoms with Crippen molar-refractivity contribution in [3.8, 4) is 0 Å². The van der Waals surface area contributed by atoms with Crippen LogP contribution in [-0.2, 0) is 6.54 Å². The number of aromatic nitrogens is 1. The maximum absolute atomic E-state index is 2.29. The number of rotatable bonds is 15. The molecule has 0 saturated carbocycles. The molecule has 0 aliphatic rings. The Labute approximate surface area is 208 Å². The fourth-order valence-corrected chi connectivity index (χ4v) is 3.07. The molecule has 150 valence electrons. The maximum atomic E-state index is 2.29. The van der Waals surface area contributed by atoms with Crippen LogP contribution in [-0.4, -0.2) is 0 Å². The van der Waals surface area contributed by atoms with Gasteiger partial charge in [-0.2, -0.15) is 0 Å². The Bertz CT molecular complexity index is 333. The van der Waals surface area contributed by atoms with Crippen LogP contribution < -0.4 is 4.57 Å². The fourth-order valence-electron chi connectivity index (χ4n) is 3.07. The molecule has 4 heteroatoms. The number of unbranched alkanes of at least 4 members (excludes halogenated alkanes) is 13. The van der Waals surface area contributed by atoms with E-state index >= 15 is 0 Å². The molecule has 0 radical (unpaired) electrons. The van der Waals surface area contributed by atoms with Crippen molar-refractivity contribution in [3.63, 3.8) is 0 Å². The predicted octanol–water partition coefficient (Wildman–Crippen LogP) is 8.31. The van der Waals surface area contributed by atoms with E-state index in [0.29, 0.717) is 0 Å². The van der Waals surface area contributed by atoms with Crippen LogP contribution in [0.25, 0.3) is 0 Å². The Hall–Kier alpha value is 1.34. The van der Waals surface area contributed by atoms with Crippen LogP contribution in [0.1, 0.15) is 96.8 Å². The van der Waals surface area contributed by atoms with Crippen molar-refractivity contribution in [1.82, 2.24) is 0 Å². The van der Waals surface area contributed by atoms with E-state index in [2.05, 4.69) is 42.1 Å². The Balaban J connectivity index is -0.00000161. The van der Waals surface area contributed by atoms with Crippen molar-refractivity contribution in [1.29, 1.82) is 0 Å². The molecule has 0 aliphatic carbocycles. The Kier molecular flexibility index (Phi) is 31.5. The third kappa shape index (κ3) is 21.5. The van der Waals surface area contributed by atoms with E-state index in [0.717, 1.165) is 0 Å². The van der Waals surface area contributed by atoms with Gasteiger partial charge < -0.3 is 0 Å². The first-order valence-corrected chi connectivity index (χ1v) is 9.87. The number of halogens is 3. The summed E-state index contributed by atoms with van der Waals surface area (Å²) in [5.41, 5.74) is 0. The first kappa shape index (κ1) is 31.0. The zero-order chi connectivity index (χ0) is 15.7. The van der Waals surface area contributed by atoms with E-state index < -0.39 is 0 Å². The molecule has 0 bridgehead atoms. The van der Waals surface area contributed by atoms with E-state index in [1.54, 1.807) is 0 Å². The van der Waals surface area contributed by atoms with E-state index in [-0.39, 0.29) is 71.9 Å². The summed E-state index contributed by atoms with van der Waals surface area (Å²) in [4.78, 5) is 0.